The highest BCUT2D eigenvalue weighted by atomic mass is 32.2. The minimum Gasteiger partial charge on any atom is -0.481 e. The Labute approximate surface area is 152 Å². The van der Waals surface area contributed by atoms with E-state index in [4.69, 9.17) is 9.84 Å². The maximum absolute atomic E-state index is 12.8. The van der Waals surface area contributed by atoms with E-state index in [9.17, 15) is 33.0 Å². The number of oxime groups is 1. The Balaban J connectivity index is 2.48. The normalized spacial score (nSPS) is 17.7. The fourth-order valence-electron chi connectivity index (χ4n) is 2.24. The fourth-order valence-corrected chi connectivity index (χ4v) is 3.82. The lowest BCUT2D eigenvalue weighted by Gasteiger charge is -2.26. The van der Waals surface area contributed by atoms with Crippen molar-refractivity contribution >= 4 is 33.6 Å². The number of carboxylic acids is 3. The minimum atomic E-state index is -4.28. The van der Waals surface area contributed by atoms with E-state index in [1.165, 1.54) is 24.3 Å². The first-order valence-corrected chi connectivity index (χ1v) is 8.71. The van der Waals surface area contributed by atoms with Gasteiger partial charge in [-0.15, -0.1) is 0 Å². The lowest BCUT2D eigenvalue weighted by Crippen LogP contribution is -2.54. The molecule has 3 N–H and O–H groups in total. The molecule has 146 valence electrons. The zero-order chi connectivity index (χ0) is 20.4. The van der Waals surface area contributed by atoms with E-state index in [0.717, 1.165) is 7.05 Å². The van der Waals surface area contributed by atoms with Crippen LogP contribution in [-0.4, -0.2) is 70.6 Å². The van der Waals surface area contributed by atoms with Crippen molar-refractivity contribution in [2.75, 3.05) is 7.05 Å². The summed E-state index contributed by atoms with van der Waals surface area (Å²) in [5, 5.41) is 29.5. The van der Waals surface area contributed by atoms with Crippen LogP contribution < -0.4 is 0 Å². The Bertz CT molecular complexity index is 882. The lowest BCUT2D eigenvalue weighted by molar-refractivity contribution is -0.178. The molecule has 27 heavy (non-hydrogen) atoms. The smallest absolute Gasteiger partial charge is 0.360 e. The van der Waals surface area contributed by atoms with Crippen molar-refractivity contribution in [1.29, 1.82) is 0 Å². The minimum absolute atomic E-state index is 0.196. The third kappa shape index (κ3) is 3.68. The Hall–Kier alpha value is -3.19. The lowest BCUT2D eigenvalue weighted by atomic mass is 10.00. The van der Waals surface area contributed by atoms with Crippen molar-refractivity contribution in [3.63, 3.8) is 0 Å². The molecule has 1 aliphatic heterocycles. The molecule has 0 spiro atoms. The summed E-state index contributed by atoms with van der Waals surface area (Å²) in [6.07, 6.45) is -1.49. The molecule has 0 aromatic heterocycles. The van der Waals surface area contributed by atoms with Gasteiger partial charge >= 0.3 is 23.5 Å². The summed E-state index contributed by atoms with van der Waals surface area (Å²) in [6, 6.07) is 6.93. The van der Waals surface area contributed by atoms with Crippen LogP contribution in [0.1, 0.15) is 6.42 Å². The van der Waals surface area contributed by atoms with Gasteiger partial charge < -0.3 is 20.1 Å². The number of hydrogen-bond acceptors (Lipinski definition) is 9. The van der Waals surface area contributed by atoms with Gasteiger partial charge in [-0.1, -0.05) is 23.3 Å². The van der Waals surface area contributed by atoms with Crippen LogP contribution in [0.4, 0.5) is 0 Å². The van der Waals surface area contributed by atoms with Gasteiger partial charge in [0, 0.05) is 7.05 Å². The van der Waals surface area contributed by atoms with Gasteiger partial charge in [0.15, 0.2) is 0 Å². The van der Waals surface area contributed by atoms with Gasteiger partial charge in [0.25, 0.3) is 5.90 Å². The molecular weight excluding hydrogens is 388 g/mol. The standard InChI is InChI=1S/C14H14N2O10S/c1-16-11(27(23,24)8-5-3-2-4-6-8)10(15-26-16)25-14(12(19)20,13(21)22)7-9(17)18/h2-6,11H,7H2,1H3,(H,17,18)(H,19,20)(H,21,22). The van der Waals surface area contributed by atoms with Gasteiger partial charge in [-0.25, -0.2) is 18.0 Å². The van der Waals surface area contributed by atoms with E-state index in [2.05, 4.69) is 10.1 Å². The molecule has 1 aromatic rings. The average Bonchev–Trinajstić information content (AvgIpc) is 2.95. The van der Waals surface area contributed by atoms with Crippen LogP contribution in [0, 0.1) is 0 Å². The van der Waals surface area contributed by atoms with Crippen molar-refractivity contribution in [2.24, 2.45) is 5.16 Å². The summed E-state index contributed by atoms with van der Waals surface area (Å²) in [5.74, 6) is -7.02. The molecule has 2 rings (SSSR count). The van der Waals surface area contributed by atoms with Crippen molar-refractivity contribution in [3.8, 4) is 0 Å². The Morgan fingerprint density at radius 3 is 2.22 bits per heavy atom. The Kier molecular flexibility index (Phi) is 5.37. The van der Waals surface area contributed by atoms with Gasteiger partial charge in [0.05, 0.1) is 4.90 Å². The number of carbonyl (C=O) groups is 3. The highest BCUT2D eigenvalue weighted by Crippen LogP contribution is 2.28. The molecule has 0 aliphatic carbocycles. The number of hydrogen-bond donors (Lipinski definition) is 3. The number of hydroxylamine groups is 2. The second kappa shape index (κ2) is 7.20. The van der Waals surface area contributed by atoms with E-state index in [1.807, 2.05) is 0 Å². The number of aliphatic carboxylic acids is 3. The molecule has 1 unspecified atom stereocenters. The second-order valence-electron chi connectivity index (χ2n) is 5.38. The highest BCUT2D eigenvalue weighted by molar-refractivity contribution is 7.92. The topological polar surface area (TPSA) is 180 Å². The summed E-state index contributed by atoms with van der Waals surface area (Å²) >= 11 is 0. The molecule has 0 saturated carbocycles. The molecule has 12 nitrogen and oxygen atoms in total. The number of carboxylic acid groups (broad SMARTS) is 3. The van der Waals surface area contributed by atoms with Crippen LogP contribution in [0.15, 0.2) is 40.4 Å². The van der Waals surface area contributed by atoms with E-state index < -0.39 is 51.0 Å². The Morgan fingerprint density at radius 2 is 1.74 bits per heavy atom. The summed E-state index contributed by atoms with van der Waals surface area (Å²) < 4.78 is 30.5. The summed E-state index contributed by atoms with van der Waals surface area (Å²) in [6.45, 7) is 0. The number of ether oxygens (including phenoxy) is 1. The average molecular weight is 402 g/mol. The fraction of sp³-hybridized carbons (Fsp3) is 0.286. The largest absolute Gasteiger partial charge is 0.481 e. The van der Waals surface area contributed by atoms with E-state index >= 15 is 0 Å². The van der Waals surface area contributed by atoms with Gasteiger partial charge in [-0.2, -0.15) is 0 Å². The van der Waals surface area contributed by atoms with Crippen LogP contribution in [0.25, 0.3) is 0 Å². The number of sulfone groups is 1. The molecule has 1 aliphatic rings. The predicted molar refractivity (Wildman–Crippen MR) is 85.0 cm³/mol. The van der Waals surface area contributed by atoms with Crippen LogP contribution in [0.2, 0.25) is 0 Å². The zero-order valence-corrected chi connectivity index (χ0v) is 14.5. The second-order valence-corrected chi connectivity index (χ2v) is 7.39. The van der Waals surface area contributed by atoms with Crippen molar-refractivity contribution in [3.05, 3.63) is 30.3 Å². The molecule has 1 heterocycles. The first-order chi connectivity index (χ1) is 12.5. The van der Waals surface area contributed by atoms with Crippen molar-refractivity contribution in [1.82, 2.24) is 5.06 Å². The highest BCUT2D eigenvalue weighted by Gasteiger charge is 2.56. The first-order valence-electron chi connectivity index (χ1n) is 7.17. The predicted octanol–water partition coefficient (Wildman–Crippen LogP) is -0.624. The number of rotatable bonds is 7. The van der Waals surface area contributed by atoms with Crippen LogP contribution >= 0.6 is 0 Å². The monoisotopic (exact) mass is 402 g/mol. The Morgan fingerprint density at radius 1 is 1.19 bits per heavy atom. The van der Waals surface area contributed by atoms with Crippen molar-refractivity contribution in [2.45, 2.75) is 22.3 Å². The molecule has 1 atom stereocenters. The number of likely N-dealkylation sites (N-methyl/N-ethyl adjacent to an activating group) is 1. The summed E-state index contributed by atoms with van der Waals surface area (Å²) in [4.78, 5) is 38.4. The first kappa shape index (κ1) is 20.1. The summed E-state index contributed by atoms with van der Waals surface area (Å²) in [5.41, 5.74) is -3.30. The SMILES string of the molecule is CN1ON=C(OC(CC(=O)O)(C(=O)O)C(=O)O)C1S(=O)(=O)c1ccccc1. The molecule has 13 heteroatoms. The molecule has 0 fully saturated rings. The summed E-state index contributed by atoms with van der Waals surface area (Å²) in [7, 11) is -3.13. The maximum Gasteiger partial charge on any atom is 0.360 e. The molecule has 0 bridgehead atoms. The molecule has 1 aromatic carbocycles. The van der Waals surface area contributed by atoms with E-state index in [-0.39, 0.29) is 4.90 Å². The van der Waals surface area contributed by atoms with Gasteiger partial charge in [0.2, 0.25) is 15.2 Å². The van der Waals surface area contributed by atoms with Crippen LogP contribution in [0.3, 0.4) is 0 Å². The van der Waals surface area contributed by atoms with E-state index in [0.29, 0.717) is 5.06 Å². The number of nitrogens with zero attached hydrogens (tertiary/aromatic N) is 2. The van der Waals surface area contributed by atoms with Gasteiger partial charge in [0.1, 0.15) is 6.42 Å². The molecular formula is C14H14N2O10S. The molecule has 0 saturated heterocycles. The van der Waals surface area contributed by atoms with Crippen LogP contribution in [0.5, 0.6) is 0 Å². The third-order valence-corrected chi connectivity index (χ3v) is 5.55. The molecule has 0 radical (unpaired) electrons. The van der Waals surface area contributed by atoms with Gasteiger partial charge in [-0.3, -0.25) is 9.73 Å². The number of benzene rings is 1. The third-order valence-electron chi connectivity index (χ3n) is 3.54. The quantitative estimate of drug-likeness (QED) is 0.494. The zero-order valence-electron chi connectivity index (χ0n) is 13.7. The van der Waals surface area contributed by atoms with E-state index in [1.54, 1.807) is 6.07 Å². The maximum atomic E-state index is 12.8. The van der Waals surface area contributed by atoms with Crippen molar-refractivity contribution < 1.29 is 47.8 Å². The van der Waals surface area contributed by atoms with Gasteiger partial charge in [-0.05, 0) is 17.3 Å². The van der Waals surface area contributed by atoms with Crippen LogP contribution in [-0.2, 0) is 33.9 Å². The molecule has 0 amide bonds.